The molecule has 2 atom stereocenters. The molecule has 1 saturated heterocycles. The van der Waals surface area contributed by atoms with Crippen LogP contribution in [0.25, 0.3) is 0 Å². The van der Waals surface area contributed by atoms with Crippen LogP contribution in [0.15, 0.2) is 20.8 Å². The maximum atomic E-state index is 11.2. The van der Waals surface area contributed by atoms with Gasteiger partial charge in [0.2, 0.25) is 0 Å². The van der Waals surface area contributed by atoms with E-state index in [2.05, 4.69) is 31.9 Å². The van der Waals surface area contributed by atoms with Crippen molar-refractivity contribution in [3.63, 3.8) is 0 Å². The minimum Gasteiger partial charge on any atom is -0.495 e. The van der Waals surface area contributed by atoms with Crippen molar-refractivity contribution in [3.8, 4) is 0 Å². The summed E-state index contributed by atoms with van der Waals surface area (Å²) in [5.41, 5.74) is -1.28. The molecule has 0 amide bonds. The number of halogens is 2. The van der Waals surface area contributed by atoms with Gasteiger partial charge in [0.15, 0.2) is 6.10 Å². The molecule has 6 heteroatoms. The molecule has 0 bridgehead atoms. The van der Waals surface area contributed by atoms with Crippen LogP contribution in [-0.4, -0.2) is 29.9 Å². The maximum Gasteiger partial charge on any atom is 0.309 e. The molecule has 1 aliphatic carbocycles. The van der Waals surface area contributed by atoms with Crippen LogP contribution in [0.4, 0.5) is 0 Å². The van der Waals surface area contributed by atoms with Crippen LogP contribution in [0, 0.1) is 0 Å². The Morgan fingerprint density at radius 3 is 2.93 bits per heavy atom. The lowest BCUT2D eigenvalue weighted by molar-refractivity contribution is -0.140. The van der Waals surface area contributed by atoms with Gasteiger partial charge in [-0.1, -0.05) is 0 Å². The van der Waals surface area contributed by atoms with Gasteiger partial charge in [0, 0.05) is 0 Å². The summed E-state index contributed by atoms with van der Waals surface area (Å²) in [4.78, 5) is 11.2. The van der Waals surface area contributed by atoms with E-state index in [0.717, 1.165) is 0 Å². The Balaban J connectivity index is 2.48. The first kappa shape index (κ1) is 11.2. The van der Waals surface area contributed by atoms with Crippen LogP contribution in [0.2, 0.25) is 0 Å². The third kappa shape index (κ3) is 1.64. The minimum absolute atomic E-state index is 0.0428. The zero-order valence-corrected chi connectivity index (χ0v) is 11.0. The first-order chi connectivity index (χ1) is 6.98. The molecule has 15 heavy (non-hydrogen) atoms. The highest BCUT2D eigenvalue weighted by atomic mass is 79.9. The van der Waals surface area contributed by atoms with Crippen LogP contribution in [0.1, 0.15) is 6.42 Å². The molecule has 82 valence electrons. The van der Waals surface area contributed by atoms with E-state index in [9.17, 15) is 9.90 Å². The SMILES string of the molecule is COC1=C(Br)C2OC(=O)CC2(O)C=C1Br. The Bertz CT molecular complexity index is 388. The van der Waals surface area contributed by atoms with E-state index >= 15 is 0 Å². The van der Waals surface area contributed by atoms with Crippen LogP contribution >= 0.6 is 31.9 Å². The molecule has 0 saturated carbocycles. The predicted octanol–water partition coefficient (Wildman–Crippen LogP) is 1.58. The largest absolute Gasteiger partial charge is 0.495 e. The van der Waals surface area contributed by atoms with Gasteiger partial charge in [-0.3, -0.25) is 4.79 Å². The quantitative estimate of drug-likeness (QED) is 0.737. The number of hydrogen-bond donors (Lipinski definition) is 1. The predicted molar refractivity (Wildman–Crippen MR) is 59.4 cm³/mol. The molecule has 0 radical (unpaired) electrons. The van der Waals surface area contributed by atoms with Crippen molar-refractivity contribution in [3.05, 3.63) is 20.8 Å². The number of fused-ring (bicyclic) bond motifs is 1. The highest BCUT2D eigenvalue weighted by Crippen LogP contribution is 2.44. The van der Waals surface area contributed by atoms with Crippen LogP contribution in [0.5, 0.6) is 0 Å². The second-order valence-electron chi connectivity index (χ2n) is 3.41. The summed E-state index contributed by atoms with van der Waals surface area (Å²) in [5.74, 6) is 0.104. The summed E-state index contributed by atoms with van der Waals surface area (Å²) in [6.45, 7) is 0. The van der Waals surface area contributed by atoms with E-state index in [1.54, 1.807) is 0 Å². The van der Waals surface area contributed by atoms with Gasteiger partial charge >= 0.3 is 5.97 Å². The van der Waals surface area contributed by atoms with Crippen molar-refractivity contribution in [2.75, 3.05) is 7.11 Å². The number of rotatable bonds is 1. The maximum absolute atomic E-state index is 11.2. The monoisotopic (exact) mass is 338 g/mol. The molecule has 0 aromatic heterocycles. The number of esters is 1. The molecule has 1 N–H and O–H groups in total. The molecule has 0 spiro atoms. The van der Waals surface area contributed by atoms with Crippen molar-refractivity contribution in [2.24, 2.45) is 0 Å². The smallest absolute Gasteiger partial charge is 0.309 e. The van der Waals surface area contributed by atoms with Crippen molar-refractivity contribution < 1.29 is 19.4 Å². The Labute approximate surface area is 103 Å². The molecular formula is C9H8Br2O4. The number of hydrogen-bond acceptors (Lipinski definition) is 4. The van der Waals surface area contributed by atoms with Crippen molar-refractivity contribution >= 4 is 37.8 Å². The lowest BCUT2D eigenvalue weighted by Gasteiger charge is -2.29. The van der Waals surface area contributed by atoms with Crippen molar-refractivity contribution in [1.29, 1.82) is 0 Å². The van der Waals surface area contributed by atoms with E-state index in [1.165, 1.54) is 13.2 Å². The first-order valence-electron chi connectivity index (χ1n) is 4.22. The van der Waals surface area contributed by atoms with Crippen molar-refractivity contribution in [1.82, 2.24) is 0 Å². The van der Waals surface area contributed by atoms with Gasteiger partial charge in [-0.25, -0.2) is 0 Å². The molecule has 2 aliphatic rings. The average molecular weight is 340 g/mol. The van der Waals surface area contributed by atoms with Gasteiger partial charge < -0.3 is 14.6 Å². The van der Waals surface area contributed by atoms with Gasteiger partial charge in [0.05, 0.1) is 22.5 Å². The Morgan fingerprint density at radius 2 is 2.33 bits per heavy atom. The molecule has 0 aromatic carbocycles. The van der Waals surface area contributed by atoms with Gasteiger partial charge in [0.25, 0.3) is 0 Å². The number of aliphatic hydroxyl groups is 1. The molecular weight excluding hydrogens is 332 g/mol. The number of allylic oxidation sites excluding steroid dienone is 1. The van der Waals surface area contributed by atoms with Crippen LogP contribution < -0.4 is 0 Å². The molecule has 2 unspecified atom stereocenters. The number of carbonyl (C=O) groups is 1. The highest BCUT2D eigenvalue weighted by Gasteiger charge is 2.51. The fourth-order valence-corrected chi connectivity index (χ4v) is 3.61. The normalized spacial score (nSPS) is 34.8. The summed E-state index contributed by atoms with van der Waals surface area (Å²) >= 11 is 6.54. The molecule has 2 rings (SSSR count). The Morgan fingerprint density at radius 1 is 1.67 bits per heavy atom. The minimum atomic E-state index is -1.28. The van der Waals surface area contributed by atoms with E-state index < -0.39 is 17.7 Å². The van der Waals surface area contributed by atoms with Gasteiger partial charge in [-0.2, -0.15) is 0 Å². The van der Waals surface area contributed by atoms with Crippen LogP contribution in [-0.2, 0) is 14.3 Å². The van der Waals surface area contributed by atoms with E-state index in [1.807, 2.05) is 0 Å². The summed E-state index contributed by atoms with van der Waals surface area (Å²) in [5, 5.41) is 10.2. The van der Waals surface area contributed by atoms with Gasteiger partial charge in [-0.05, 0) is 37.9 Å². The lowest BCUT2D eigenvalue weighted by Crippen LogP contribution is -2.39. The molecule has 1 fully saturated rings. The highest BCUT2D eigenvalue weighted by molar-refractivity contribution is 9.12. The first-order valence-corrected chi connectivity index (χ1v) is 5.81. The number of carbonyl (C=O) groups excluding carboxylic acids is 1. The zero-order valence-electron chi connectivity index (χ0n) is 7.79. The molecule has 4 nitrogen and oxygen atoms in total. The molecule has 1 aliphatic heterocycles. The summed E-state index contributed by atoms with van der Waals surface area (Å²) in [6.07, 6.45) is 0.784. The topological polar surface area (TPSA) is 55.8 Å². The second-order valence-corrected chi connectivity index (χ2v) is 5.12. The standard InChI is InChI=1S/C9H8Br2O4/c1-14-7-4(10)2-9(13)3-5(12)15-8(9)6(7)11/h2,8,13H,3H2,1H3. The average Bonchev–Trinajstić information content (AvgIpc) is 2.41. The third-order valence-electron chi connectivity index (χ3n) is 2.38. The van der Waals surface area contributed by atoms with Gasteiger partial charge in [-0.15, -0.1) is 0 Å². The molecule has 1 heterocycles. The zero-order chi connectivity index (χ0) is 11.2. The fourth-order valence-electron chi connectivity index (χ4n) is 1.71. The summed E-state index contributed by atoms with van der Waals surface area (Å²) in [6, 6.07) is 0. The lowest BCUT2D eigenvalue weighted by atomic mass is 9.91. The fraction of sp³-hybridized carbons (Fsp3) is 0.444. The Hall–Kier alpha value is -0.330. The molecule has 0 aromatic rings. The third-order valence-corrected chi connectivity index (χ3v) is 3.74. The van der Waals surface area contributed by atoms with Crippen LogP contribution in [0.3, 0.4) is 0 Å². The number of methoxy groups -OCH3 is 1. The van der Waals surface area contributed by atoms with Crippen molar-refractivity contribution in [2.45, 2.75) is 18.1 Å². The Kier molecular flexibility index (Phi) is 2.68. The van der Waals surface area contributed by atoms with Gasteiger partial charge in [0.1, 0.15) is 11.4 Å². The van der Waals surface area contributed by atoms with E-state index in [-0.39, 0.29) is 6.42 Å². The van der Waals surface area contributed by atoms with E-state index in [4.69, 9.17) is 9.47 Å². The second kappa shape index (κ2) is 3.61. The summed E-state index contributed by atoms with van der Waals surface area (Å²) in [7, 11) is 1.51. The van der Waals surface area contributed by atoms with E-state index in [0.29, 0.717) is 14.7 Å². The summed E-state index contributed by atoms with van der Waals surface area (Å²) < 4.78 is 11.3. The number of ether oxygens (including phenoxy) is 2.